The molecule has 1 heterocycles. The van der Waals surface area contributed by atoms with E-state index in [1.807, 2.05) is 0 Å². The lowest BCUT2D eigenvalue weighted by molar-refractivity contribution is -0.385. The second-order valence-electron chi connectivity index (χ2n) is 4.05. The highest BCUT2D eigenvalue weighted by atomic mass is 19.1. The van der Waals surface area contributed by atoms with E-state index in [9.17, 15) is 14.5 Å². The summed E-state index contributed by atoms with van der Waals surface area (Å²) in [6.07, 6.45) is 2.77. The number of benzene rings is 1. The lowest BCUT2D eigenvalue weighted by Gasteiger charge is -2.08. The number of rotatable bonds is 4. The second kappa shape index (κ2) is 5.47. The Balaban J connectivity index is 2.16. The Bertz CT molecular complexity index is 646. The number of nitrogens with zero attached hydrogens (tertiary/aromatic N) is 3. The molecule has 20 heavy (non-hydrogen) atoms. The number of ether oxygens (including phenoxy) is 1. The van der Waals surface area contributed by atoms with Crippen LogP contribution < -0.4 is 10.5 Å². The van der Waals surface area contributed by atoms with Crippen molar-refractivity contribution in [2.24, 2.45) is 0 Å². The lowest BCUT2D eigenvalue weighted by atomic mass is 10.2. The highest BCUT2D eigenvalue weighted by molar-refractivity contribution is 5.45. The van der Waals surface area contributed by atoms with Crippen LogP contribution in [0.5, 0.6) is 5.75 Å². The molecule has 0 unspecified atom stereocenters. The number of nitrogens with two attached hydrogens (primary N) is 1. The van der Waals surface area contributed by atoms with Gasteiger partial charge in [0.15, 0.2) is 11.6 Å². The number of aryl methyl sites for hydroxylation is 1. The van der Waals surface area contributed by atoms with E-state index in [-0.39, 0.29) is 23.9 Å². The number of hydrogen-bond acceptors (Lipinski definition) is 6. The van der Waals surface area contributed by atoms with Crippen LogP contribution >= 0.6 is 0 Å². The molecular weight excluding hydrogens is 267 g/mol. The molecular formula is C12H11FN4O3. The molecule has 2 aromatic rings. The van der Waals surface area contributed by atoms with Gasteiger partial charge in [-0.3, -0.25) is 15.1 Å². The van der Waals surface area contributed by atoms with E-state index in [1.54, 1.807) is 0 Å². The number of halogens is 1. The van der Waals surface area contributed by atoms with Crippen molar-refractivity contribution in [2.75, 3.05) is 5.73 Å². The monoisotopic (exact) mass is 278 g/mol. The van der Waals surface area contributed by atoms with Crippen molar-refractivity contribution in [3.63, 3.8) is 0 Å². The molecule has 0 amide bonds. The SMILES string of the molecule is Cc1cc(OCc2cnc(N)cn2)c(F)cc1[N+](=O)[O-]. The third-order valence-electron chi connectivity index (χ3n) is 2.55. The summed E-state index contributed by atoms with van der Waals surface area (Å²) in [5.74, 6) is -0.608. The van der Waals surface area contributed by atoms with Crippen LogP contribution in [0.3, 0.4) is 0 Å². The van der Waals surface area contributed by atoms with Gasteiger partial charge in [0.05, 0.1) is 29.1 Å². The largest absolute Gasteiger partial charge is 0.484 e. The molecule has 1 aromatic carbocycles. The Morgan fingerprint density at radius 2 is 2.15 bits per heavy atom. The van der Waals surface area contributed by atoms with E-state index >= 15 is 0 Å². The van der Waals surface area contributed by atoms with Crippen LogP contribution in [0, 0.1) is 22.9 Å². The van der Waals surface area contributed by atoms with Crippen molar-refractivity contribution in [3.8, 4) is 5.75 Å². The zero-order valence-electron chi connectivity index (χ0n) is 10.5. The first-order chi connectivity index (χ1) is 9.47. The number of nitro benzene ring substituents is 1. The van der Waals surface area contributed by atoms with Gasteiger partial charge in [0.2, 0.25) is 0 Å². The summed E-state index contributed by atoms with van der Waals surface area (Å²) in [4.78, 5) is 17.8. The predicted molar refractivity (Wildman–Crippen MR) is 68.6 cm³/mol. The Kier molecular flexibility index (Phi) is 3.74. The molecule has 0 atom stereocenters. The first-order valence-corrected chi connectivity index (χ1v) is 5.61. The van der Waals surface area contributed by atoms with Gasteiger partial charge in [-0.2, -0.15) is 0 Å². The molecule has 8 heteroatoms. The highest BCUT2D eigenvalue weighted by Gasteiger charge is 2.16. The summed E-state index contributed by atoms with van der Waals surface area (Å²) < 4.78 is 18.9. The van der Waals surface area contributed by atoms with Gasteiger partial charge >= 0.3 is 0 Å². The average Bonchev–Trinajstić information content (AvgIpc) is 2.41. The maximum atomic E-state index is 13.7. The van der Waals surface area contributed by atoms with Gasteiger partial charge < -0.3 is 10.5 Å². The summed E-state index contributed by atoms with van der Waals surface area (Å²) in [6, 6.07) is 2.11. The fourth-order valence-corrected chi connectivity index (χ4v) is 1.54. The number of anilines is 1. The second-order valence-corrected chi connectivity index (χ2v) is 4.05. The smallest absolute Gasteiger partial charge is 0.275 e. The maximum Gasteiger partial charge on any atom is 0.275 e. The molecule has 0 aliphatic rings. The number of nitrogen functional groups attached to an aromatic ring is 1. The van der Waals surface area contributed by atoms with Crippen LogP contribution in [-0.4, -0.2) is 14.9 Å². The van der Waals surface area contributed by atoms with Crippen LogP contribution in [0.4, 0.5) is 15.9 Å². The Hall–Kier alpha value is -2.77. The fourth-order valence-electron chi connectivity index (χ4n) is 1.54. The van der Waals surface area contributed by atoms with E-state index in [2.05, 4.69) is 9.97 Å². The summed E-state index contributed by atoms with van der Waals surface area (Å²) >= 11 is 0. The van der Waals surface area contributed by atoms with E-state index in [0.717, 1.165) is 6.07 Å². The van der Waals surface area contributed by atoms with Gasteiger partial charge in [0.1, 0.15) is 12.4 Å². The van der Waals surface area contributed by atoms with Crippen molar-refractivity contribution in [3.05, 3.63) is 51.7 Å². The zero-order valence-corrected chi connectivity index (χ0v) is 10.5. The van der Waals surface area contributed by atoms with Gasteiger partial charge in [0, 0.05) is 5.56 Å². The number of nitro groups is 1. The van der Waals surface area contributed by atoms with E-state index < -0.39 is 10.7 Å². The Labute approximate surface area is 113 Å². The van der Waals surface area contributed by atoms with Crippen LogP contribution in [-0.2, 0) is 6.61 Å². The highest BCUT2D eigenvalue weighted by Crippen LogP contribution is 2.27. The third-order valence-corrected chi connectivity index (χ3v) is 2.55. The third kappa shape index (κ3) is 2.97. The van der Waals surface area contributed by atoms with Crippen LogP contribution in [0.15, 0.2) is 24.5 Å². The lowest BCUT2D eigenvalue weighted by Crippen LogP contribution is -2.03. The summed E-state index contributed by atoms with van der Waals surface area (Å²) in [5, 5.41) is 10.7. The summed E-state index contributed by atoms with van der Waals surface area (Å²) in [7, 11) is 0. The maximum absolute atomic E-state index is 13.7. The Morgan fingerprint density at radius 3 is 2.75 bits per heavy atom. The van der Waals surface area contributed by atoms with Gasteiger partial charge in [-0.05, 0) is 13.0 Å². The number of hydrogen-bond donors (Lipinski definition) is 1. The van der Waals surface area contributed by atoms with E-state index in [1.165, 1.54) is 25.4 Å². The Morgan fingerprint density at radius 1 is 1.40 bits per heavy atom. The molecule has 0 fully saturated rings. The molecule has 104 valence electrons. The first-order valence-electron chi connectivity index (χ1n) is 5.61. The van der Waals surface area contributed by atoms with Crippen LogP contribution in [0.2, 0.25) is 0 Å². The van der Waals surface area contributed by atoms with Gasteiger partial charge in [-0.15, -0.1) is 0 Å². The van der Waals surface area contributed by atoms with Crippen molar-refractivity contribution >= 4 is 11.5 Å². The molecule has 0 saturated carbocycles. The predicted octanol–water partition coefficient (Wildman–Crippen LogP) is 1.99. The van der Waals surface area contributed by atoms with E-state index in [0.29, 0.717) is 11.3 Å². The molecule has 2 rings (SSSR count). The number of aromatic nitrogens is 2. The van der Waals surface area contributed by atoms with Crippen LogP contribution in [0.25, 0.3) is 0 Å². The molecule has 0 aliphatic carbocycles. The molecule has 0 radical (unpaired) electrons. The normalized spacial score (nSPS) is 10.3. The van der Waals surface area contributed by atoms with E-state index in [4.69, 9.17) is 10.5 Å². The fraction of sp³-hybridized carbons (Fsp3) is 0.167. The van der Waals surface area contributed by atoms with Gasteiger partial charge in [0.25, 0.3) is 5.69 Å². The minimum Gasteiger partial charge on any atom is -0.484 e. The average molecular weight is 278 g/mol. The van der Waals surface area contributed by atoms with Crippen molar-refractivity contribution in [1.29, 1.82) is 0 Å². The zero-order chi connectivity index (χ0) is 14.7. The van der Waals surface area contributed by atoms with Crippen molar-refractivity contribution < 1.29 is 14.1 Å². The molecule has 7 nitrogen and oxygen atoms in total. The van der Waals surface area contributed by atoms with Crippen LogP contribution in [0.1, 0.15) is 11.3 Å². The minimum absolute atomic E-state index is 0.0124. The molecule has 2 N–H and O–H groups in total. The first kappa shape index (κ1) is 13.7. The summed E-state index contributed by atoms with van der Waals surface area (Å²) in [5.41, 5.74) is 5.88. The van der Waals surface area contributed by atoms with Crippen molar-refractivity contribution in [2.45, 2.75) is 13.5 Å². The van der Waals surface area contributed by atoms with Gasteiger partial charge in [-0.1, -0.05) is 0 Å². The van der Waals surface area contributed by atoms with Gasteiger partial charge in [-0.25, -0.2) is 9.37 Å². The standard InChI is InChI=1S/C12H11FN4O3/c1-7-2-11(9(13)3-10(7)17(18)19)20-6-8-4-16-12(14)5-15-8/h2-5H,6H2,1H3,(H2,14,16). The molecule has 1 aromatic heterocycles. The molecule has 0 saturated heterocycles. The van der Waals surface area contributed by atoms with Crippen molar-refractivity contribution in [1.82, 2.24) is 9.97 Å². The summed E-state index contributed by atoms with van der Waals surface area (Å²) in [6.45, 7) is 1.49. The topological polar surface area (TPSA) is 104 Å². The molecule has 0 spiro atoms. The molecule has 0 aliphatic heterocycles. The minimum atomic E-state index is -0.800. The quantitative estimate of drug-likeness (QED) is 0.677. The molecule has 0 bridgehead atoms.